The molecule has 79 heavy (non-hydrogen) atoms. The second-order valence-electron chi connectivity index (χ2n) is 20.0. The van der Waals surface area contributed by atoms with E-state index in [4.69, 9.17) is 24.0 Å². The number of morpholine rings is 1. The molecule has 2 saturated heterocycles. The van der Waals surface area contributed by atoms with Gasteiger partial charge in [-0.15, -0.1) is 0 Å². The largest absolute Gasteiger partial charge is 0.496 e. The lowest BCUT2D eigenvalue weighted by atomic mass is 9.95. The average molecular weight is 1110 g/mol. The van der Waals surface area contributed by atoms with Gasteiger partial charge in [-0.05, 0) is 44.5 Å². The first kappa shape index (κ1) is 59.3. The maximum absolute atomic E-state index is 14.8. The van der Waals surface area contributed by atoms with Gasteiger partial charge in [-0.25, -0.2) is 13.5 Å². The number of hydrogen-bond donors (Lipinski definition) is 6. The molecule has 0 bridgehead atoms. The molecule has 0 spiro atoms. The van der Waals surface area contributed by atoms with E-state index in [2.05, 4.69) is 20.9 Å². The van der Waals surface area contributed by atoms with E-state index in [1.807, 2.05) is 30.9 Å². The zero-order valence-corrected chi connectivity index (χ0v) is 44.6. The number of carbonyl (C=O) groups is 6. The van der Waals surface area contributed by atoms with Crippen molar-refractivity contribution in [2.45, 2.75) is 38.8 Å². The Morgan fingerprint density at radius 1 is 0.709 bits per heavy atom. The lowest BCUT2D eigenvalue weighted by Gasteiger charge is -2.41. The highest BCUT2D eigenvalue weighted by atomic mass is 19.1. The van der Waals surface area contributed by atoms with Crippen LogP contribution in [0.2, 0.25) is 0 Å². The summed E-state index contributed by atoms with van der Waals surface area (Å²) in [6, 6.07) is 8.47. The third-order valence-corrected chi connectivity index (χ3v) is 13.6. The minimum atomic E-state index is -1.04. The molecule has 0 saturated carbocycles. The van der Waals surface area contributed by atoms with Gasteiger partial charge < -0.3 is 55.1 Å². The Balaban J connectivity index is 0.880. The van der Waals surface area contributed by atoms with Crippen molar-refractivity contribution in [1.29, 1.82) is 0 Å². The van der Waals surface area contributed by atoms with E-state index in [0.717, 1.165) is 18.2 Å². The number of carboxylic acids is 3. The monoisotopic (exact) mass is 1110 g/mol. The van der Waals surface area contributed by atoms with Crippen LogP contribution in [0.15, 0.2) is 48.8 Å². The summed E-state index contributed by atoms with van der Waals surface area (Å²) in [5.41, 5.74) is 2.86. The number of halogens is 2. The first-order valence-electron chi connectivity index (χ1n) is 26.1. The van der Waals surface area contributed by atoms with Crippen LogP contribution in [-0.4, -0.2) is 234 Å². The van der Waals surface area contributed by atoms with Gasteiger partial charge in [0.15, 0.2) is 5.69 Å². The minimum Gasteiger partial charge on any atom is -0.496 e. The Hall–Kier alpha value is -7.36. The second kappa shape index (κ2) is 28.0. The number of amides is 3. The summed E-state index contributed by atoms with van der Waals surface area (Å²) in [5.74, 6) is -4.79. The summed E-state index contributed by atoms with van der Waals surface area (Å²) in [4.78, 5) is 87.5. The smallest absolute Gasteiger partial charge is 0.317 e. The molecule has 5 heterocycles. The fourth-order valence-electron chi connectivity index (χ4n) is 9.55. The van der Waals surface area contributed by atoms with Crippen molar-refractivity contribution >= 4 is 41.3 Å². The van der Waals surface area contributed by atoms with Crippen LogP contribution in [0, 0.1) is 11.6 Å². The molecule has 3 amide bonds. The van der Waals surface area contributed by atoms with Crippen molar-refractivity contribution in [1.82, 2.24) is 49.9 Å². The standard InChI is InChI=1S/C53H69F2N11O13/c1-53(2)34-78-20-17-65(53)52(75)50-42-33-79-44-26-43(76-3)40(25-41(44)51(42)66(60-50)39-23-36(54)22-37(55)24-39)35-21-38(28-56-27-35)57-6-4-7-58-45(67)5-18-77-19-8-59-46(68)29-61-9-11-62(30-47(69)70)13-15-64(32-49(73)74)16-14-63(12-10-61)31-48(71)72/h21-28,57H,4-20,29-34H2,1-3H3,(H,58,67)(H,59,68)(H,69,70)(H,71,72)(H,73,74). The van der Waals surface area contributed by atoms with E-state index in [9.17, 15) is 52.9 Å². The molecule has 2 aromatic carbocycles. The number of aromatic nitrogens is 3. The van der Waals surface area contributed by atoms with E-state index < -0.39 is 35.1 Å². The first-order chi connectivity index (χ1) is 37.9. The van der Waals surface area contributed by atoms with Gasteiger partial charge in [-0.3, -0.25) is 53.4 Å². The number of benzene rings is 2. The number of anilines is 1. The van der Waals surface area contributed by atoms with Crippen LogP contribution in [0.25, 0.3) is 28.1 Å². The van der Waals surface area contributed by atoms with Crippen molar-refractivity contribution in [3.05, 3.63) is 71.7 Å². The van der Waals surface area contributed by atoms with Crippen molar-refractivity contribution in [3.8, 4) is 39.6 Å². The lowest BCUT2D eigenvalue weighted by Crippen LogP contribution is -2.55. The number of rotatable bonds is 23. The van der Waals surface area contributed by atoms with Gasteiger partial charge in [0.25, 0.3) is 5.91 Å². The van der Waals surface area contributed by atoms with Crippen molar-refractivity contribution in [2.24, 2.45) is 0 Å². The molecule has 7 rings (SSSR count). The molecule has 3 aliphatic rings. The van der Waals surface area contributed by atoms with Crippen LogP contribution in [0.4, 0.5) is 14.5 Å². The highest BCUT2D eigenvalue weighted by Crippen LogP contribution is 2.46. The molecule has 4 aromatic rings. The number of fused-ring (bicyclic) bond motifs is 3. The SMILES string of the molecule is COc1cc2c(cc1-c1cncc(NCCCNC(=O)CCOCCNC(=O)CN3CCN(CC(=O)O)CCN(CC(=O)O)CCN(CC(=O)O)CC3)c1)-c1c(c(C(=O)N3CCOCC3(C)C)nn1-c1cc(F)cc(F)c1)CO2. The van der Waals surface area contributed by atoms with Crippen LogP contribution in [0.5, 0.6) is 11.5 Å². The van der Waals surface area contributed by atoms with E-state index in [1.165, 1.54) is 11.8 Å². The lowest BCUT2D eigenvalue weighted by molar-refractivity contribution is -0.140. The van der Waals surface area contributed by atoms with Gasteiger partial charge in [0.2, 0.25) is 11.8 Å². The fraction of sp³-hybridized carbons (Fsp3) is 0.509. The fourth-order valence-corrected chi connectivity index (χ4v) is 9.55. The molecule has 428 valence electrons. The first-order valence-corrected chi connectivity index (χ1v) is 26.1. The van der Waals surface area contributed by atoms with Gasteiger partial charge in [0.05, 0.1) is 82.3 Å². The Labute approximate surface area is 455 Å². The molecule has 24 nitrogen and oxygen atoms in total. The quantitative estimate of drug-likeness (QED) is 0.0579. The van der Waals surface area contributed by atoms with Crippen LogP contribution in [0.3, 0.4) is 0 Å². The summed E-state index contributed by atoms with van der Waals surface area (Å²) < 4.78 is 54.2. The summed E-state index contributed by atoms with van der Waals surface area (Å²) in [7, 11) is 1.52. The number of aliphatic carboxylic acids is 3. The van der Waals surface area contributed by atoms with Crippen molar-refractivity contribution < 1.29 is 71.8 Å². The van der Waals surface area contributed by atoms with E-state index >= 15 is 0 Å². The van der Waals surface area contributed by atoms with Gasteiger partial charge in [-0.2, -0.15) is 5.10 Å². The average Bonchev–Trinajstić information content (AvgIpc) is 3.88. The number of nitrogens with one attached hydrogen (secondary N) is 3. The summed E-state index contributed by atoms with van der Waals surface area (Å²) >= 11 is 0. The van der Waals surface area contributed by atoms with E-state index in [1.54, 1.807) is 38.1 Å². The van der Waals surface area contributed by atoms with E-state index in [-0.39, 0.29) is 127 Å². The van der Waals surface area contributed by atoms with Gasteiger partial charge in [-0.1, -0.05) is 0 Å². The molecule has 6 N–H and O–H groups in total. The summed E-state index contributed by atoms with van der Waals surface area (Å²) in [6.07, 6.45) is 3.97. The molecule has 0 unspecified atom stereocenters. The Morgan fingerprint density at radius 2 is 1.32 bits per heavy atom. The highest BCUT2D eigenvalue weighted by Gasteiger charge is 2.39. The topological polar surface area (TPSA) is 283 Å². The molecule has 2 aromatic heterocycles. The van der Waals surface area contributed by atoms with E-state index in [0.29, 0.717) is 97.5 Å². The molecule has 0 atom stereocenters. The molecular formula is C53H69F2N11O13. The van der Waals surface area contributed by atoms with Crippen LogP contribution in [-0.2, 0) is 40.1 Å². The second-order valence-corrected chi connectivity index (χ2v) is 20.0. The molecule has 3 aliphatic heterocycles. The van der Waals surface area contributed by atoms with Crippen LogP contribution in [0.1, 0.15) is 42.7 Å². The van der Waals surface area contributed by atoms with Gasteiger partial charge in [0.1, 0.15) is 29.7 Å². The van der Waals surface area contributed by atoms with Gasteiger partial charge in [0, 0.05) is 132 Å². The summed E-state index contributed by atoms with van der Waals surface area (Å²) in [5, 5.41) is 42.1. The number of nitrogens with zero attached hydrogens (tertiary/aromatic N) is 8. The Kier molecular flexibility index (Phi) is 21.0. The third-order valence-electron chi connectivity index (χ3n) is 13.6. The maximum atomic E-state index is 14.8. The number of hydrogen-bond acceptors (Lipinski definition) is 17. The molecule has 0 aliphatic carbocycles. The Bertz CT molecular complexity index is 2770. The zero-order chi connectivity index (χ0) is 56.6. The van der Waals surface area contributed by atoms with Crippen molar-refractivity contribution in [2.75, 3.05) is 144 Å². The van der Waals surface area contributed by atoms with Crippen molar-refractivity contribution in [3.63, 3.8) is 0 Å². The number of carbonyl (C=O) groups excluding carboxylic acids is 3. The normalized spacial score (nSPS) is 16.5. The predicted molar refractivity (Wildman–Crippen MR) is 282 cm³/mol. The zero-order valence-electron chi connectivity index (χ0n) is 44.6. The number of carboxylic acid groups (broad SMARTS) is 3. The number of pyridine rings is 1. The Morgan fingerprint density at radius 3 is 1.91 bits per heavy atom. The molecule has 26 heteroatoms. The molecule has 2 fully saturated rings. The number of methoxy groups -OCH3 is 1. The molecular weight excluding hydrogens is 1040 g/mol. The predicted octanol–water partition coefficient (Wildman–Crippen LogP) is 1.95. The van der Waals surface area contributed by atoms with Gasteiger partial charge >= 0.3 is 17.9 Å². The van der Waals surface area contributed by atoms with Crippen LogP contribution < -0.4 is 25.4 Å². The molecule has 0 radical (unpaired) electrons. The van der Waals surface area contributed by atoms with Crippen LogP contribution >= 0.6 is 0 Å². The number of ether oxygens (including phenoxy) is 4. The maximum Gasteiger partial charge on any atom is 0.317 e. The summed E-state index contributed by atoms with van der Waals surface area (Å²) in [6.45, 7) is 7.40. The third kappa shape index (κ3) is 16.8. The minimum absolute atomic E-state index is 0.0356. The highest BCUT2D eigenvalue weighted by molar-refractivity contribution is 5.97.